The molecule has 6 heteroatoms. The van der Waals surface area contributed by atoms with E-state index >= 15 is 0 Å². The second kappa shape index (κ2) is 10.9. The molecule has 0 aliphatic carbocycles. The van der Waals surface area contributed by atoms with Crippen LogP contribution >= 0.6 is 0 Å². The van der Waals surface area contributed by atoms with Crippen LogP contribution in [-0.2, 0) is 20.7 Å². The molecular weight excluding hydrogens is 414 g/mol. The molecule has 3 heterocycles. The lowest BCUT2D eigenvalue weighted by molar-refractivity contribution is -0.137. The van der Waals surface area contributed by atoms with Gasteiger partial charge in [-0.2, -0.15) is 0 Å². The number of pyridine rings is 1. The zero-order valence-electron chi connectivity index (χ0n) is 19.9. The van der Waals surface area contributed by atoms with Crippen LogP contribution in [0.4, 0.5) is 0 Å². The minimum Gasteiger partial charge on any atom is -0.370 e. The molecule has 1 atom stereocenters. The SMILES string of the molecule is Cc1cc(Cc2ccccc2C)cc([C@@H]2CCCN(C(=O)COCCN3CCCC3=O)C2)n1. The number of ether oxygens (including phenoxy) is 1. The highest BCUT2D eigenvalue weighted by Crippen LogP contribution is 2.27. The Bertz CT molecular complexity index is 990. The molecule has 2 aliphatic rings. The lowest BCUT2D eigenvalue weighted by atomic mass is 9.92. The number of hydrogen-bond acceptors (Lipinski definition) is 4. The van der Waals surface area contributed by atoms with Crippen LogP contribution in [0.5, 0.6) is 0 Å². The average Bonchev–Trinajstić information content (AvgIpc) is 3.22. The van der Waals surface area contributed by atoms with E-state index in [1.54, 1.807) is 0 Å². The molecule has 1 aromatic carbocycles. The molecule has 2 fully saturated rings. The van der Waals surface area contributed by atoms with Crippen molar-refractivity contribution in [1.29, 1.82) is 0 Å². The van der Waals surface area contributed by atoms with Crippen molar-refractivity contribution in [1.82, 2.24) is 14.8 Å². The van der Waals surface area contributed by atoms with Crippen molar-refractivity contribution in [3.05, 3.63) is 64.5 Å². The number of hydrogen-bond donors (Lipinski definition) is 0. The third-order valence-electron chi connectivity index (χ3n) is 6.78. The van der Waals surface area contributed by atoms with Gasteiger partial charge in [0.25, 0.3) is 0 Å². The van der Waals surface area contributed by atoms with E-state index in [1.165, 1.54) is 16.7 Å². The van der Waals surface area contributed by atoms with Gasteiger partial charge in [0.1, 0.15) is 6.61 Å². The van der Waals surface area contributed by atoms with Crippen molar-refractivity contribution < 1.29 is 14.3 Å². The van der Waals surface area contributed by atoms with Crippen molar-refractivity contribution in [2.75, 3.05) is 39.4 Å². The number of aromatic nitrogens is 1. The molecule has 0 bridgehead atoms. The van der Waals surface area contributed by atoms with E-state index in [-0.39, 0.29) is 24.3 Å². The summed E-state index contributed by atoms with van der Waals surface area (Å²) < 4.78 is 5.61. The molecule has 0 radical (unpaired) electrons. The summed E-state index contributed by atoms with van der Waals surface area (Å²) in [7, 11) is 0. The summed E-state index contributed by atoms with van der Waals surface area (Å²) in [6, 6.07) is 12.9. The molecule has 0 N–H and O–H groups in total. The maximum absolute atomic E-state index is 12.7. The van der Waals surface area contributed by atoms with Gasteiger partial charge in [-0.1, -0.05) is 24.3 Å². The van der Waals surface area contributed by atoms with Gasteiger partial charge in [0.2, 0.25) is 11.8 Å². The summed E-state index contributed by atoms with van der Waals surface area (Å²) in [5.41, 5.74) is 6.03. The molecular formula is C27H35N3O3. The lowest BCUT2D eigenvalue weighted by Crippen LogP contribution is -2.41. The predicted molar refractivity (Wildman–Crippen MR) is 128 cm³/mol. The molecule has 1 aromatic heterocycles. The van der Waals surface area contributed by atoms with Crippen LogP contribution in [0.15, 0.2) is 36.4 Å². The number of nitrogens with zero attached hydrogens (tertiary/aromatic N) is 3. The Morgan fingerprint density at radius 1 is 1.15 bits per heavy atom. The molecule has 6 nitrogen and oxygen atoms in total. The maximum atomic E-state index is 12.7. The fraction of sp³-hybridized carbons (Fsp3) is 0.519. The number of piperidine rings is 1. The van der Waals surface area contributed by atoms with Crippen molar-refractivity contribution in [2.24, 2.45) is 0 Å². The molecule has 33 heavy (non-hydrogen) atoms. The number of carbonyl (C=O) groups excluding carboxylic acids is 2. The minimum absolute atomic E-state index is 0.0280. The van der Waals surface area contributed by atoms with Gasteiger partial charge in [-0.25, -0.2) is 0 Å². The lowest BCUT2D eigenvalue weighted by Gasteiger charge is -2.33. The van der Waals surface area contributed by atoms with Crippen LogP contribution in [0.25, 0.3) is 0 Å². The van der Waals surface area contributed by atoms with Crippen molar-refractivity contribution in [2.45, 2.75) is 51.9 Å². The smallest absolute Gasteiger partial charge is 0.248 e. The van der Waals surface area contributed by atoms with Crippen LogP contribution in [0.1, 0.15) is 59.7 Å². The van der Waals surface area contributed by atoms with Gasteiger partial charge in [-0.3, -0.25) is 14.6 Å². The molecule has 176 valence electrons. The highest BCUT2D eigenvalue weighted by Gasteiger charge is 2.26. The second-order valence-electron chi connectivity index (χ2n) is 9.36. The molecule has 0 spiro atoms. The highest BCUT2D eigenvalue weighted by molar-refractivity contribution is 5.78. The normalized spacial score (nSPS) is 18.7. The number of carbonyl (C=O) groups is 2. The summed E-state index contributed by atoms with van der Waals surface area (Å²) in [6.07, 6.45) is 4.47. The second-order valence-corrected chi connectivity index (χ2v) is 9.36. The standard InChI is InChI=1S/C27H35N3O3/c1-20-7-3-4-8-23(20)16-22-15-21(2)28-25(17-22)24-9-5-12-30(18-24)27(32)19-33-14-13-29-11-6-10-26(29)31/h3-4,7-8,15,17,24H,5-6,9-14,16,18-19H2,1-2H3/t24-/m1/s1. The zero-order chi connectivity index (χ0) is 23.2. The van der Waals surface area contributed by atoms with E-state index in [0.29, 0.717) is 26.1 Å². The fourth-order valence-electron chi connectivity index (χ4n) is 4.92. The van der Waals surface area contributed by atoms with E-state index in [2.05, 4.69) is 50.2 Å². The highest BCUT2D eigenvalue weighted by atomic mass is 16.5. The van der Waals surface area contributed by atoms with Crippen molar-refractivity contribution in [3.63, 3.8) is 0 Å². The Kier molecular flexibility index (Phi) is 7.76. The van der Waals surface area contributed by atoms with Gasteiger partial charge in [-0.15, -0.1) is 0 Å². The minimum atomic E-state index is 0.0280. The van der Waals surface area contributed by atoms with Crippen LogP contribution in [0.3, 0.4) is 0 Å². The number of amides is 2. The Labute approximate surface area is 196 Å². The number of rotatable bonds is 8. The van der Waals surface area contributed by atoms with E-state index in [0.717, 1.165) is 50.2 Å². The molecule has 4 rings (SSSR count). The van der Waals surface area contributed by atoms with Crippen LogP contribution in [-0.4, -0.2) is 66.0 Å². The van der Waals surface area contributed by atoms with E-state index in [4.69, 9.17) is 9.72 Å². The fourth-order valence-corrected chi connectivity index (χ4v) is 4.92. The number of likely N-dealkylation sites (tertiary alicyclic amines) is 2. The average molecular weight is 450 g/mol. The van der Waals surface area contributed by atoms with E-state index in [1.807, 2.05) is 9.80 Å². The Balaban J connectivity index is 1.33. The third-order valence-corrected chi connectivity index (χ3v) is 6.78. The summed E-state index contributed by atoms with van der Waals surface area (Å²) >= 11 is 0. The first kappa shape index (κ1) is 23.4. The first-order chi connectivity index (χ1) is 16.0. The summed E-state index contributed by atoms with van der Waals surface area (Å²) in [4.78, 5) is 33.0. The summed E-state index contributed by atoms with van der Waals surface area (Å²) in [6.45, 7) is 7.53. The van der Waals surface area contributed by atoms with Gasteiger partial charge in [-0.05, 0) is 68.4 Å². The molecule has 0 saturated carbocycles. The summed E-state index contributed by atoms with van der Waals surface area (Å²) in [5.74, 6) is 0.469. The Hall–Kier alpha value is -2.73. The summed E-state index contributed by atoms with van der Waals surface area (Å²) in [5, 5.41) is 0. The van der Waals surface area contributed by atoms with Crippen LogP contribution < -0.4 is 0 Å². The van der Waals surface area contributed by atoms with Gasteiger partial charge >= 0.3 is 0 Å². The molecule has 2 aromatic rings. The van der Waals surface area contributed by atoms with Crippen molar-refractivity contribution in [3.8, 4) is 0 Å². The largest absolute Gasteiger partial charge is 0.370 e. The number of benzene rings is 1. The molecule has 2 aliphatic heterocycles. The van der Waals surface area contributed by atoms with Crippen molar-refractivity contribution >= 4 is 11.8 Å². The molecule has 2 amide bonds. The van der Waals surface area contributed by atoms with E-state index in [9.17, 15) is 9.59 Å². The third kappa shape index (κ3) is 6.20. The van der Waals surface area contributed by atoms with Gasteiger partial charge < -0.3 is 14.5 Å². The number of aryl methyl sites for hydroxylation is 2. The maximum Gasteiger partial charge on any atom is 0.248 e. The first-order valence-electron chi connectivity index (χ1n) is 12.1. The first-order valence-corrected chi connectivity index (χ1v) is 12.1. The molecule has 2 saturated heterocycles. The van der Waals surface area contributed by atoms with E-state index < -0.39 is 0 Å². The van der Waals surface area contributed by atoms with Crippen LogP contribution in [0, 0.1) is 13.8 Å². The van der Waals surface area contributed by atoms with Gasteiger partial charge in [0.15, 0.2) is 0 Å². The van der Waals surface area contributed by atoms with Gasteiger partial charge in [0, 0.05) is 49.9 Å². The zero-order valence-corrected chi connectivity index (χ0v) is 19.9. The Morgan fingerprint density at radius 3 is 2.79 bits per heavy atom. The Morgan fingerprint density at radius 2 is 2.00 bits per heavy atom. The molecule has 0 unspecified atom stereocenters. The van der Waals surface area contributed by atoms with Crippen LogP contribution in [0.2, 0.25) is 0 Å². The topological polar surface area (TPSA) is 62.7 Å². The predicted octanol–water partition coefficient (Wildman–Crippen LogP) is 3.63. The van der Waals surface area contributed by atoms with Gasteiger partial charge in [0.05, 0.1) is 6.61 Å². The monoisotopic (exact) mass is 449 g/mol. The quantitative estimate of drug-likeness (QED) is 0.578.